The summed E-state index contributed by atoms with van der Waals surface area (Å²) >= 11 is 0. The van der Waals surface area contributed by atoms with Gasteiger partial charge in [-0.15, -0.1) is 0 Å². The van der Waals surface area contributed by atoms with Gasteiger partial charge in [0.15, 0.2) is 0 Å². The summed E-state index contributed by atoms with van der Waals surface area (Å²) in [4.78, 5) is 12.3. The van der Waals surface area contributed by atoms with Crippen molar-refractivity contribution in [3.8, 4) is 17.6 Å². The van der Waals surface area contributed by atoms with Crippen LogP contribution >= 0.6 is 0 Å². The highest BCUT2D eigenvalue weighted by molar-refractivity contribution is 6.14. The third-order valence-corrected chi connectivity index (χ3v) is 3.13. The van der Waals surface area contributed by atoms with Crippen molar-refractivity contribution in [2.75, 3.05) is 0 Å². The lowest BCUT2D eigenvalue weighted by molar-refractivity contribution is -0.0543. The first-order valence-electron chi connectivity index (χ1n) is 7.16. The number of allylic oxidation sites excluding steroid dienone is 1. The Hall–Kier alpha value is -3.34. The molecule has 0 bridgehead atoms. The number of halogens is 4. The second-order valence-electron chi connectivity index (χ2n) is 4.82. The Morgan fingerprint density at radius 2 is 1.65 bits per heavy atom. The Morgan fingerprint density at radius 1 is 1.00 bits per heavy atom. The van der Waals surface area contributed by atoms with E-state index in [2.05, 4.69) is 9.47 Å². The molecule has 0 aliphatic carbocycles. The fourth-order valence-electron chi connectivity index (χ4n) is 2.06. The maximum Gasteiger partial charge on any atom is 0.387 e. The Kier molecular flexibility index (Phi) is 6.33. The predicted octanol–water partition coefficient (Wildman–Crippen LogP) is 4.68. The lowest BCUT2D eigenvalue weighted by Gasteiger charge is -2.11. The van der Waals surface area contributed by atoms with E-state index in [-0.39, 0.29) is 16.7 Å². The molecule has 0 atom stereocenters. The normalized spacial score (nSPS) is 11.3. The van der Waals surface area contributed by atoms with Crippen LogP contribution in [0, 0.1) is 11.3 Å². The van der Waals surface area contributed by atoms with Crippen molar-refractivity contribution in [3.63, 3.8) is 0 Å². The van der Waals surface area contributed by atoms with Crippen molar-refractivity contribution in [2.24, 2.45) is 0 Å². The molecular weight excluding hydrogens is 354 g/mol. The molecular formula is C18H11F4NO3. The molecule has 4 nitrogen and oxygen atoms in total. The zero-order chi connectivity index (χ0) is 19.1. The van der Waals surface area contributed by atoms with E-state index in [0.29, 0.717) is 0 Å². The molecule has 2 rings (SSSR count). The Balaban J connectivity index is 2.42. The highest BCUT2D eigenvalue weighted by Crippen LogP contribution is 2.29. The van der Waals surface area contributed by atoms with Crippen molar-refractivity contribution < 1.29 is 31.8 Å². The molecule has 8 heteroatoms. The minimum atomic E-state index is -3.24. The molecule has 0 saturated heterocycles. The Bertz CT molecular complexity index is 845. The van der Waals surface area contributed by atoms with Crippen LogP contribution in [0.5, 0.6) is 11.5 Å². The molecule has 134 valence electrons. The standard InChI is InChI=1S/C18H11F4NO3/c19-17(20)25-14-7-6-12(15(9-14)26-18(21)22)8-13(10-23)16(24)11-4-2-1-3-5-11/h1-9,17-18H/b13-8+. The number of nitrogens with zero attached hydrogens (tertiary/aromatic N) is 1. The highest BCUT2D eigenvalue weighted by atomic mass is 19.3. The number of hydrogen-bond acceptors (Lipinski definition) is 4. The topological polar surface area (TPSA) is 59.3 Å². The van der Waals surface area contributed by atoms with Crippen LogP contribution < -0.4 is 9.47 Å². The average molecular weight is 365 g/mol. The molecule has 2 aromatic rings. The molecule has 2 aromatic carbocycles. The molecule has 0 heterocycles. The second-order valence-corrected chi connectivity index (χ2v) is 4.82. The monoisotopic (exact) mass is 365 g/mol. The first-order valence-corrected chi connectivity index (χ1v) is 7.16. The van der Waals surface area contributed by atoms with Gasteiger partial charge >= 0.3 is 13.2 Å². The van der Waals surface area contributed by atoms with E-state index in [1.54, 1.807) is 24.3 Å². The van der Waals surface area contributed by atoms with E-state index in [4.69, 9.17) is 0 Å². The molecule has 0 saturated carbocycles. The second kappa shape index (κ2) is 8.67. The number of rotatable bonds is 7. The minimum Gasteiger partial charge on any atom is -0.435 e. The van der Waals surface area contributed by atoms with Crippen LogP contribution in [0.3, 0.4) is 0 Å². The van der Waals surface area contributed by atoms with E-state index in [0.717, 1.165) is 24.3 Å². The number of ether oxygens (including phenoxy) is 2. The summed E-state index contributed by atoms with van der Waals surface area (Å²) in [6.07, 6.45) is 1.04. The van der Waals surface area contributed by atoms with E-state index in [9.17, 15) is 27.6 Å². The quantitative estimate of drug-likeness (QED) is 0.309. The average Bonchev–Trinajstić information content (AvgIpc) is 2.60. The number of nitriles is 1. The van der Waals surface area contributed by atoms with E-state index >= 15 is 0 Å². The van der Waals surface area contributed by atoms with Gasteiger partial charge in [-0.1, -0.05) is 30.3 Å². The lowest BCUT2D eigenvalue weighted by atomic mass is 10.0. The molecule has 0 radical (unpaired) electrons. The van der Waals surface area contributed by atoms with E-state index in [1.807, 2.05) is 0 Å². The Morgan fingerprint density at radius 3 is 2.23 bits per heavy atom. The Labute approximate surface area is 145 Å². The number of alkyl halides is 4. The largest absolute Gasteiger partial charge is 0.435 e. The molecule has 26 heavy (non-hydrogen) atoms. The van der Waals surface area contributed by atoms with Gasteiger partial charge in [0.05, 0.1) is 0 Å². The van der Waals surface area contributed by atoms with Gasteiger partial charge in [-0.2, -0.15) is 22.8 Å². The van der Waals surface area contributed by atoms with Crippen LogP contribution in [0.15, 0.2) is 54.1 Å². The summed E-state index contributed by atoms with van der Waals surface area (Å²) in [5.41, 5.74) is -0.167. The third-order valence-electron chi connectivity index (χ3n) is 3.13. The van der Waals surface area contributed by atoms with E-state index in [1.165, 1.54) is 12.1 Å². The van der Waals surface area contributed by atoms with Gasteiger partial charge in [0.2, 0.25) is 5.78 Å². The smallest absolute Gasteiger partial charge is 0.387 e. The van der Waals surface area contributed by atoms with Crippen molar-refractivity contribution in [3.05, 3.63) is 65.2 Å². The van der Waals surface area contributed by atoms with Gasteiger partial charge in [0, 0.05) is 17.2 Å². The van der Waals surface area contributed by atoms with Crippen LogP contribution in [-0.4, -0.2) is 19.0 Å². The van der Waals surface area contributed by atoms with Crippen LogP contribution in [0.25, 0.3) is 6.08 Å². The molecule has 0 aliphatic heterocycles. The fraction of sp³-hybridized carbons (Fsp3) is 0.111. The number of hydrogen-bond donors (Lipinski definition) is 0. The predicted molar refractivity (Wildman–Crippen MR) is 84.1 cm³/mol. The highest BCUT2D eigenvalue weighted by Gasteiger charge is 2.16. The number of benzene rings is 2. The van der Waals surface area contributed by atoms with Crippen LogP contribution in [0.4, 0.5) is 17.6 Å². The minimum absolute atomic E-state index is 0.0623. The van der Waals surface area contributed by atoms with Crippen molar-refractivity contribution in [1.82, 2.24) is 0 Å². The molecule has 0 aromatic heterocycles. The van der Waals surface area contributed by atoms with Gasteiger partial charge in [-0.25, -0.2) is 0 Å². The molecule has 0 spiro atoms. The fourth-order valence-corrected chi connectivity index (χ4v) is 2.06. The number of ketones is 1. The maximum absolute atomic E-state index is 12.6. The first-order chi connectivity index (χ1) is 12.4. The van der Waals surface area contributed by atoms with Crippen molar-refractivity contribution in [1.29, 1.82) is 5.26 Å². The molecule has 0 amide bonds. The van der Waals surface area contributed by atoms with Crippen molar-refractivity contribution in [2.45, 2.75) is 13.2 Å². The van der Waals surface area contributed by atoms with Gasteiger partial charge in [0.25, 0.3) is 0 Å². The summed E-state index contributed by atoms with van der Waals surface area (Å²) in [7, 11) is 0. The molecule has 0 fully saturated rings. The summed E-state index contributed by atoms with van der Waals surface area (Å²) in [5, 5.41) is 9.21. The zero-order valence-electron chi connectivity index (χ0n) is 13.0. The summed E-state index contributed by atoms with van der Waals surface area (Å²) < 4.78 is 58.1. The molecule has 0 aliphatic rings. The third kappa shape index (κ3) is 5.08. The van der Waals surface area contributed by atoms with Gasteiger partial charge in [-0.3, -0.25) is 4.79 Å². The lowest BCUT2D eigenvalue weighted by Crippen LogP contribution is -2.06. The van der Waals surface area contributed by atoms with Gasteiger partial charge in [0.1, 0.15) is 23.1 Å². The van der Waals surface area contributed by atoms with Crippen molar-refractivity contribution >= 4 is 11.9 Å². The summed E-state index contributed by atoms with van der Waals surface area (Å²) in [5.74, 6) is -1.53. The van der Waals surface area contributed by atoms with Crippen LogP contribution in [0.2, 0.25) is 0 Å². The molecule has 0 unspecified atom stereocenters. The summed E-state index contributed by atoms with van der Waals surface area (Å²) in [6, 6.07) is 12.6. The van der Waals surface area contributed by atoms with E-state index < -0.39 is 30.5 Å². The zero-order valence-corrected chi connectivity index (χ0v) is 13.0. The SMILES string of the molecule is N#C/C(=C\c1ccc(OC(F)F)cc1OC(F)F)C(=O)c1ccccc1. The maximum atomic E-state index is 12.6. The first kappa shape index (κ1) is 19.0. The number of carbonyl (C=O) groups excluding carboxylic acids is 1. The van der Waals surface area contributed by atoms with Crippen LogP contribution in [0.1, 0.15) is 15.9 Å². The molecule has 0 N–H and O–H groups in total. The van der Waals surface area contributed by atoms with Gasteiger partial charge < -0.3 is 9.47 Å². The number of Topliss-reactive ketones (excluding diaryl/α,β-unsaturated/α-hetero) is 1. The van der Waals surface area contributed by atoms with Gasteiger partial charge in [-0.05, 0) is 18.2 Å². The van der Waals surface area contributed by atoms with Crippen LogP contribution in [-0.2, 0) is 0 Å². The summed E-state index contributed by atoms with van der Waals surface area (Å²) in [6.45, 7) is -6.38. The number of carbonyl (C=O) groups is 1.